The number of halogens is 2. The largest absolute Gasteiger partial charge is 0.481 e. The molecule has 0 unspecified atom stereocenters. The standard InChI is InChI=1S/C26H25F2N3O5S2/c27-20-12-16(4-5-18(20)14-37-26-29-22-3-1-2-19(22)24(32)30-26)17-6-7-23(21(28)13-17)38(35,36)31-10-8-15(9-11-31)25(33)34/h4-7,12-13,15H,1-3,8-11,14H2,(H,33,34)(H,29,30,32). The average Bonchev–Trinajstić information content (AvgIpc) is 3.37. The van der Waals surface area contributed by atoms with Crippen LogP contribution < -0.4 is 5.56 Å². The van der Waals surface area contributed by atoms with Crippen molar-refractivity contribution in [1.29, 1.82) is 0 Å². The van der Waals surface area contributed by atoms with Crippen molar-refractivity contribution in [2.75, 3.05) is 13.1 Å². The SMILES string of the molecule is O=C(O)C1CCN(S(=O)(=O)c2ccc(-c3ccc(CSc4nc5c(c(=O)[nH]4)CCC5)c(F)c3)cc2F)CC1. The summed E-state index contributed by atoms with van der Waals surface area (Å²) in [7, 11) is -4.14. The number of piperidine rings is 1. The Kier molecular flexibility index (Phi) is 7.38. The Morgan fingerprint density at radius 2 is 1.76 bits per heavy atom. The van der Waals surface area contributed by atoms with E-state index in [9.17, 15) is 26.8 Å². The second kappa shape index (κ2) is 10.6. The minimum Gasteiger partial charge on any atom is -0.481 e. The Balaban J connectivity index is 1.29. The number of carboxylic acid groups (broad SMARTS) is 1. The molecule has 1 fully saturated rings. The molecule has 0 amide bonds. The number of rotatable bonds is 7. The third-order valence-electron chi connectivity index (χ3n) is 7.02. The summed E-state index contributed by atoms with van der Waals surface area (Å²) in [6, 6.07) is 8.08. The van der Waals surface area contributed by atoms with Crippen LogP contribution in [0.3, 0.4) is 0 Å². The number of aryl methyl sites for hydroxylation is 1. The first-order valence-corrected chi connectivity index (χ1v) is 14.6. The van der Waals surface area contributed by atoms with Gasteiger partial charge in [-0.25, -0.2) is 22.2 Å². The molecule has 3 aromatic rings. The lowest BCUT2D eigenvalue weighted by molar-refractivity contribution is -0.142. The molecule has 1 saturated heterocycles. The zero-order valence-electron chi connectivity index (χ0n) is 20.2. The lowest BCUT2D eigenvalue weighted by atomic mass is 9.99. The summed E-state index contributed by atoms with van der Waals surface area (Å²) in [6.45, 7) is 0.0000839. The highest BCUT2D eigenvalue weighted by Crippen LogP contribution is 2.30. The Bertz CT molecular complexity index is 1570. The van der Waals surface area contributed by atoms with Crippen molar-refractivity contribution >= 4 is 27.8 Å². The van der Waals surface area contributed by atoms with Crippen LogP contribution >= 0.6 is 11.8 Å². The Labute approximate surface area is 222 Å². The van der Waals surface area contributed by atoms with Gasteiger partial charge in [0.25, 0.3) is 5.56 Å². The number of carboxylic acids is 1. The fraction of sp³-hybridized carbons (Fsp3) is 0.346. The fourth-order valence-corrected chi connectivity index (χ4v) is 7.23. The zero-order valence-corrected chi connectivity index (χ0v) is 21.9. The van der Waals surface area contributed by atoms with Gasteiger partial charge in [-0.3, -0.25) is 9.59 Å². The van der Waals surface area contributed by atoms with E-state index < -0.39 is 38.4 Å². The molecule has 200 valence electrons. The number of hydrogen-bond acceptors (Lipinski definition) is 6. The van der Waals surface area contributed by atoms with Gasteiger partial charge in [-0.2, -0.15) is 4.31 Å². The molecule has 1 aromatic heterocycles. The summed E-state index contributed by atoms with van der Waals surface area (Å²) in [4.78, 5) is 30.0. The molecule has 0 atom stereocenters. The molecule has 38 heavy (non-hydrogen) atoms. The molecule has 0 saturated carbocycles. The van der Waals surface area contributed by atoms with E-state index >= 15 is 0 Å². The molecule has 8 nitrogen and oxygen atoms in total. The van der Waals surface area contributed by atoms with Crippen molar-refractivity contribution in [1.82, 2.24) is 14.3 Å². The summed E-state index contributed by atoms with van der Waals surface area (Å²) >= 11 is 1.22. The third-order valence-corrected chi connectivity index (χ3v) is 9.88. The number of H-pyrrole nitrogens is 1. The van der Waals surface area contributed by atoms with Crippen LogP contribution in [0, 0.1) is 17.6 Å². The van der Waals surface area contributed by atoms with E-state index in [0.717, 1.165) is 47.0 Å². The van der Waals surface area contributed by atoms with Gasteiger partial charge < -0.3 is 10.1 Å². The van der Waals surface area contributed by atoms with Gasteiger partial charge in [0.05, 0.1) is 11.6 Å². The number of carbonyl (C=O) groups is 1. The van der Waals surface area contributed by atoms with Gasteiger partial charge in [-0.05, 0) is 67.0 Å². The Morgan fingerprint density at radius 3 is 2.42 bits per heavy atom. The molecule has 0 spiro atoms. The van der Waals surface area contributed by atoms with Gasteiger partial charge in [0.15, 0.2) is 5.16 Å². The summed E-state index contributed by atoms with van der Waals surface area (Å²) in [6.07, 6.45) is 2.70. The number of nitrogens with one attached hydrogen (secondary N) is 1. The Hall–Kier alpha value is -3.09. The van der Waals surface area contributed by atoms with E-state index in [-0.39, 0.29) is 37.2 Å². The molecule has 0 radical (unpaired) electrons. The van der Waals surface area contributed by atoms with Gasteiger partial charge in [0, 0.05) is 24.4 Å². The van der Waals surface area contributed by atoms with Crippen LogP contribution in [0.4, 0.5) is 8.78 Å². The predicted octanol–water partition coefficient (Wildman–Crippen LogP) is 3.98. The molecular weight excluding hydrogens is 536 g/mol. The number of sulfonamides is 1. The smallest absolute Gasteiger partial charge is 0.306 e. The summed E-state index contributed by atoms with van der Waals surface area (Å²) < 4.78 is 56.9. The van der Waals surface area contributed by atoms with Crippen LogP contribution in [-0.4, -0.2) is 46.9 Å². The van der Waals surface area contributed by atoms with Gasteiger partial charge in [-0.15, -0.1) is 0 Å². The van der Waals surface area contributed by atoms with E-state index in [0.29, 0.717) is 21.8 Å². The number of aliphatic carboxylic acids is 1. The monoisotopic (exact) mass is 561 g/mol. The maximum Gasteiger partial charge on any atom is 0.306 e. The molecule has 2 N–H and O–H groups in total. The van der Waals surface area contributed by atoms with Crippen LogP contribution in [-0.2, 0) is 33.4 Å². The number of fused-ring (bicyclic) bond motifs is 1. The predicted molar refractivity (Wildman–Crippen MR) is 137 cm³/mol. The van der Waals surface area contributed by atoms with Crippen molar-refractivity contribution in [2.24, 2.45) is 5.92 Å². The van der Waals surface area contributed by atoms with Crippen LogP contribution in [0.15, 0.2) is 51.2 Å². The zero-order chi connectivity index (χ0) is 27.0. The number of hydrogen-bond donors (Lipinski definition) is 2. The van der Waals surface area contributed by atoms with Crippen LogP contribution in [0.1, 0.15) is 36.1 Å². The molecule has 1 aliphatic heterocycles. The van der Waals surface area contributed by atoms with Gasteiger partial charge >= 0.3 is 5.97 Å². The molecule has 2 aliphatic rings. The first kappa shape index (κ1) is 26.5. The highest BCUT2D eigenvalue weighted by atomic mass is 32.2. The van der Waals surface area contributed by atoms with Crippen LogP contribution in [0.2, 0.25) is 0 Å². The summed E-state index contributed by atoms with van der Waals surface area (Å²) in [5.74, 6) is -2.83. The van der Waals surface area contributed by atoms with Crippen LogP contribution in [0.5, 0.6) is 0 Å². The van der Waals surface area contributed by atoms with Crippen molar-refractivity contribution in [2.45, 2.75) is 47.9 Å². The minimum absolute atomic E-state index is 0.0000419. The molecule has 2 aromatic carbocycles. The number of aromatic nitrogens is 2. The van der Waals surface area contributed by atoms with Crippen molar-refractivity contribution in [3.8, 4) is 11.1 Å². The van der Waals surface area contributed by atoms with Crippen molar-refractivity contribution in [3.05, 3.63) is 75.2 Å². The Morgan fingerprint density at radius 1 is 1.08 bits per heavy atom. The van der Waals surface area contributed by atoms with Gasteiger partial charge in [0.1, 0.15) is 16.5 Å². The van der Waals surface area contributed by atoms with Crippen molar-refractivity contribution < 1.29 is 27.1 Å². The maximum atomic E-state index is 15.0. The topological polar surface area (TPSA) is 120 Å². The summed E-state index contributed by atoms with van der Waals surface area (Å²) in [5, 5.41) is 9.55. The maximum absolute atomic E-state index is 15.0. The number of thioether (sulfide) groups is 1. The lowest BCUT2D eigenvalue weighted by Crippen LogP contribution is -2.40. The quantitative estimate of drug-likeness (QED) is 0.331. The number of nitrogens with zero attached hydrogens (tertiary/aromatic N) is 2. The summed E-state index contributed by atoms with van der Waals surface area (Å²) in [5.41, 5.74) is 2.44. The molecule has 0 bridgehead atoms. The highest BCUT2D eigenvalue weighted by molar-refractivity contribution is 7.98. The molecule has 1 aliphatic carbocycles. The average molecular weight is 562 g/mol. The second-order valence-corrected chi connectivity index (χ2v) is 12.3. The third kappa shape index (κ3) is 5.25. The first-order valence-electron chi connectivity index (χ1n) is 12.2. The normalized spacial score (nSPS) is 16.5. The number of aromatic amines is 1. The molecule has 5 rings (SSSR count). The highest BCUT2D eigenvalue weighted by Gasteiger charge is 2.33. The van der Waals surface area contributed by atoms with Crippen LogP contribution in [0.25, 0.3) is 11.1 Å². The number of benzene rings is 2. The first-order chi connectivity index (χ1) is 18.1. The van der Waals surface area contributed by atoms with E-state index in [2.05, 4.69) is 9.97 Å². The fourth-order valence-electron chi connectivity index (χ4n) is 4.85. The van der Waals surface area contributed by atoms with Gasteiger partial charge in [0.2, 0.25) is 10.0 Å². The van der Waals surface area contributed by atoms with Gasteiger partial charge in [-0.1, -0.05) is 30.0 Å². The van der Waals surface area contributed by atoms with E-state index in [1.54, 1.807) is 12.1 Å². The lowest BCUT2D eigenvalue weighted by Gasteiger charge is -2.29. The van der Waals surface area contributed by atoms with Crippen molar-refractivity contribution in [3.63, 3.8) is 0 Å². The van der Waals surface area contributed by atoms with E-state index in [4.69, 9.17) is 5.11 Å². The van der Waals surface area contributed by atoms with E-state index in [1.807, 2.05) is 0 Å². The molecule has 2 heterocycles. The second-order valence-electron chi connectivity index (χ2n) is 9.41. The minimum atomic E-state index is -4.14. The molecule has 12 heteroatoms. The molecular formula is C26H25F2N3O5S2. The van der Waals surface area contributed by atoms with E-state index in [1.165, 1.54) is 23.9 Å².